The summed E-state index contributed by atoms with van der Waals surface area (Å²) in [6, 6.07) is 11.5. The summed E-state index contributed by atoms with van der Waals surface area (Å²) < 4.78 is 24.3. The fraction of sp³-hybridized carbons (Fsp3) is 0.333. The highest BCUT2D eigenvalue weighted by molar-refractivity contribution is 7.71. The number of hydrogen-bond acceptors (Lipinski definition) is 6. The topological polar surface area (TPSA) is 65.6 Å². The number of nitrogens with zero attached hydrogens (tertiary/aromatic N) is 1. The maximum atomic E-state index is 6.27. The van der Waals surface area contributed by atoms with Crippen molar-refractivity contribution in [1.29, 1.82) is 0 Å². The average molecular weight is 439 g/mol. The van der Waals surface area contributed by atoms with Crippen LogP contribution in [0.15, 0.2) is 36.4 Å². The van der Waals surface area contributed by atoms with Gasteiger partial charge in [0.2, 0.25) is 5.88 Å². The summed E-state index contributed by atoms with van der Waals surface area (Å²) in [5.74, 6) is 3.76. The zero-order chi connectivity index (χ0) is 22.2. The number of aromatic nitrogens is 2. The number of methoxy groups -OCH3 is 1. The lowest BCUT2D eigenvalue weighted by Crippen LogP contribution is -2.24. The standard InChI is InChI=1S/C24H26N2O4S/c1-6-28-18-12-8-10-15(20(18)30-24(2,3)4)21-25-22-16(23(31)26-21)13-14-9-7-11-17(27-5)19(14)29-22/h7-12H,6,13H2,1-5H3,(H,25,26,31). The first-order valence-electron chi connectivity index (χ1n) is 10.2. The van der Waals surface area contributed by atoms with E-state index in [1.54, 1.807) is 7.11 Å². The molecule has 6 nitrogen and oxygen atoms in total. The first-order valence-corrected chi connectivity index (χ1v) is 10.6. The molecule has 0 unspecified atom stereocenters. The number of ether oxygens (including phenoxy) is 4. The summed E-state index contributed by atoms with van der Waals surface area (Å²) in [7, 11) is 1.63. The minimum atomic E-state index is -0.421. The van der Waals surface area contributed by atoms with Crippen LogP contribution in [0.4, 0.5) is 0 Å². The van der Waals surface area contributed by atoms with E-state index >= 15 is 0 Å². The van der Waals surface area contributed by atoms with Crippen molar-refractivity contribution in [3.8, 4) is 40.3 Å². The van der Waals surface area contributed by atoms with Crippen LogP contribution in [0.2, 0.25) is 0 Å². The lowest BCUT2D eigenvalue weighted by Gasteiger charge is -2.26. The second kappa shape index (κ2) is 8.23. The molecule has 1 N–H and O–H groups in total. The highest BCUT2D eigenvalue weighted by atomic mass is 32.1. The molecular formula is C24H26N2O4S. The van der Waals surface area contributed by atoms with Gasteiger partial charge in [-0.15, -0.1) is 0 Å². The monoisotopic (exact) mass is 438 g/mol. The Morgan fingerprint density at radius 3 is 2.58 bits per heavy atom. The third-order valence-electron chi connectivity index (χ3n) is 4.77. The number of rotatable bonds is 5. The van der Waals surface area contributed by atoms with Crippen LogP contribution in [0.5, 0.6) is 28.9 Å². The van der Waals surface area contributed by atoms with Crippen LogP contribution < -0.4 is 18.9 Å². The average Bonchev–Trinajstić information content (AvgIpc) is 2.72. The lowest BCUT2D eigenvalue weighted by atomic mass is 10.0. The smallest absolute Gasteiger partial charge is 0.205 e. The van der Waals surface area contributed by atoms with E-state index in [1.807, 2.05) is 64.1 Å². The molecule has 0 saturated carbocycles. The molecule has 0 aliphatic carbocycles. The van der Waals surface area contributed by atoms with Crippen molar-refractivity contribution in [3.05, 3.63) is 52.2 Å². The second-order valence-electron chi connectivity index (χ2n) is 8.21. The zero-order valence-electron chi connectivity index (χ0n) is 18.4. The predicted molar refractivity (Wildman–Crippen MR) is 122 cm³/mol. The molecular weight excluding hydrogens is 412 g/mol. The number of fused-ring (bicyclic) bond motifs is 2. The van der Waals surface area contributed by atoms with Gasteiger partial charge in [-0.3, -0.25) is 0 Å². The van der Waals surface area contributed by atoms with Gasteiger partial charge in [0.1, 0.15) is 16.1 Å². The van der Waals surface area contributed by atoms with Crippen molar-refractivity contribution in [2.24, 2.45) is 0 Å². The van der Waals surface area contributed by atoms with Gasteiger partial charge in [0.05, 0.1) is 24.8 Å². The Balaban J connectivity index is 1.84. The van der Waals surface area contributed by atoms with Crippen molar-refractivity contribution in [2.75, 3.05) is 13.7 Å². The summed E-state index contributed by atoms with van der Waals surface area (Å²) in [6.45, 7) is 8.45. The Hall–Kier alpha value is -3.06. The number of H-pyrrole nitrogens is 1. The van der Waals surface area contributed by atoms with E-state index in [9.17, 15) is 0 Å². The Kier molecular flexibility index (Phi) is 5.62. The molecule has 2 aromatic carbocycles. The summed E-state index contributed by atoms with van der Waals surface area (Å²) in [4.78, 5) is 8.00. The zero-order valence-corrected chi connectivity index (χ0v) is 19.2. The van der Waals surface area contributed by atoms with E-state index in [2.05, 4.69) is 9.97 Å². The van der Waals surface area contributed by atoms with Gasteiger partial charge in [0.25, 0.3) is 0 Å². The van der Waals surface area contributed by atoms with Gasteiger partial charge in [0, 0.05) is 12.0 Å². The van der Waals surface area contributed by atoms with Crippen molar-refractivity contribution in [2.45, 2.75) is 39.7 Å². The Morgan fingerprint density at radius 2 is 1.87 bits per heavy atom. The van der Waals surface area contributed by atoms with Crippen LogP contribution in [-0.2, 0) is 6.42 Å². The fourth-order valence-electron chi connectivity index (χ4n) is 3.50. The molecule has 4 rings (SSSR count). The molecule has 0 saturated heterocycles. The number of aromatic amines is 1. The lowest BCUT2D eigenvalue weighted by molar-refractivity contribution is 0.125. The summed E-state index contributed by atoms with van der Waals surface area (Å²) in [5, 5.41) is 0. The quantitative estimate of drug-likeness (QED) is 0.381. The third-order valence-corrected chi connectivity index (χ3v) is 5.11. The molecule has 2 heterocycles. The van der Waals surface area contributed by atoms with Gasteiger partial charge in [-0.05, 0) is 45.9 Å². The highest BCUT2D eigenvalue weighted by Gasteiger charge is 2.26. The molecule has 31 heavy (non-hydrogen) atoms. The van der Waals surface area contributed by atoms with Crippen LogP contribution in [0.25, 0.3) is 11.4 Å². The van der Waals surface area contributed by atoms with Crippen molar-refractivity contribution in [1.82, 2.24) is 9.97 Å². The summed E-state index contributed by atoms with van der Waals surface area (Å²) in [5.41, 5.74) is 2.19. The molecule has 1 aromatic heterocycles. The minimum absolute atomic E-state index is 0.421. The molecule has 0 bridgehead atoms. The van der Waals surface area contributed by atoms with Gasteiger partial charge in [-0.25, -0.2) is 4.98 Å². The summed E-state index contributed by atoms with van der Waals surface area (Å²) in [6.07, 6.45) is 0.620. The number of hydrogen-bond donors (Lipinski definition) is 1. The Morgan fingerprint density at radius 1 is 1.13 bits per heavy atom. The van der Waals surface area contributed by atoms with E-state index in [4.69, 9.17) is 31.2 Å². The Labute approximate surface area is 187 Å². The predicted octanol–water partition coefficient (Wildman–Crippen LogP) is 6.09. The van der Waals surface area contributed by atoms with Gasteiger partial charge < -0.3 is 23.9 Å². The molecule has 7 heteroatoms. The SMILES string of the molecule is CCOc1cccc(-c2nc(=S)c3c([nH]2)Oc2c(cccc2OC)C3)c1OC(C)(C)C. The molecule has 0 amide bonds. The fourth-order valence-corrected chi connectivity index (χ4v) is 3.76. The molecule has 1 aliphatic rings. The maximum absolute atomic E-state index is 6.27. The third kappa shape index (κ3) is 4.23. The van der Waals surface area contributed by atoms with Crippen LogP contribution in [0.3, 0.4) is 0 Å². The van der Waals surface area contributed by atoms with Crippen LogP contribution in [0, 0.1) is 4.64 Å². The normalized spacial score (nSPS) is 12.4. The van der Waals surface area contributed by atoms with Crippen molar-refractivity contribution in [3.63, 3.8) is 0 Å². The highest BCUT2D eigenvalue weighted by Crippen LogP contribution is 2.44. The van der Waals surface area contributed by atoms with E-state index in [1.165, 1.54) is 0 Å². The van der Waals surface area contributed by atoms with E-state index < -0.39 is 5.60 Å². The minimum Gasteiger partial charge on any atom is -0.493 e. The summed E-state index contributed by atoms with van der Waals surface area (Å²) >= 11 is 5.64. The molecule has 0 fully saturated rings. The Bertz CT molecular complexity index is 1180. The van der Waals surface area contributed by atoms with Gasteiger partial charge in [-0.2, -0.15) is 0 Å². The van der Waals surface area contributed by atoms with E-state index in [0.717, 1.165) is 16.7 Å². The van der Waals surface area contributed by atoms with Crippen LogP contribution in [-0.4, -0.2) is 29.3 Å². The van der Waals surface area contributed by atoms with Crippen molar-refractivity contribution < 1.29 is 18.9 Å². The molecule has 162 valence electrons. The number of nitrogens with one attached hydrogen (secondary N) is 1. The molecule has 3 aromatic rings. The second-order valence-corrected chi connectivity index (χ2v) is 8.59. The molecule has 0 radical (unpaired) electrons. The number of para-hydroxylation sites is 2. The first kappa shape index (κ1) is 21.2. The van der Waals surface area contributed by atoms with Crippen LogP contribution >= 0.6 is 12.2 Å². The maximum Gasteiger partial charge on any atom is 0.205 e. The molecule has 1 aliphatic heterocycles. The van der Waals surface area contributed by atoms with E-state index in [0.29, 0.717) is 52.4 Å². The first-order chi connectivity index (χ1) is 14.8. The van der Waals surface area contributed by atoms with Crippen LogP contribution in [0.1, 0.15) is 38.8 Å². The molecule has 0 atom stereocenters. The van der Waals surface area contributed by atoms with Gasteiger partial charge in [0.15, 0.2) is 23.0 Å². The van der Waals surface area contributed by atoms with Gasteiger partial charge >= 0.3 is 0 Å². The number of benzene rings is 2. The van der Waals surface area contributed by atoms with Crippen molar-refractivity contribution >= 4 is 12.2 Å². The molecule has 0 spiro atoms. The largest absolute Gasteiger partial charge is 0.493 e. The van der Waals surface area contributed by atoms with E-state index in [-0.39, 0.29) is 0 Å². The van der Waals surface area contributed by atoms with Gasteiger partial charge in [-0.1, -0.05) is 30.4 Å².